The van der Waals surface area contributed by atoms with E-state index in [1.54, 1.807) is 0 Å². The van der Waals surface area contributed by atoms with E-state index < -0.39 is 48.5 Å². The summed E-state index contributed by atoms with van der Waals surface area (Å²) >= 11 is 0. The van der Waals surface area contributed by atoms with Crippen LogP contribution in [0.2, 0.25) is 0 Å². The van der Waals surface area contributed by atoms with Crippen molar-refractivity contribution in [3.63, 3.8) is 0 Å². The van der Waals surface area contributed by atoms with Crippen LogP contribution in [0.25, 0.3) is 22.1 Å². The summed E-state index contributed by atoms with van der Waals surface area (Å²) in [5, 5.41) is 59.8. The fourth-order valence-electron chi connectivity index (χ4n) is 3.86. The van der Waals surface area contributed by atoms with Gasteiger partial charge >= 0.3 is 0 Å². The van der Waals surface area contributed by atoms with E-state index in [9.17, 15) is 35.4 Å². The highest BCUT2D eigenvalue weighted by Crippen LogP contribution is 2.42. The van der Waals surface area contributed by atoms with Gasteiger partial charge in [0.15, 0.2) is 22.8 Å². The predicted octanol–water partition coefficient (Wildman–Crippen LogP) is 0.0671. The molecular formula is C23H24O12. The molecule has 12 heteroatoms. The molecule has 5 atom stereocenters. The average Bonchev–Trinajstić information content (AvgIpc) is 2.85. The standard InChI is InChI=1S/C23H24O12/c1-31-13-5-9(3-4-11(13)25)10-8-33-22-16(17(10)27)12(26)6-14(21(22)32-2)34-23-20(30)19(29)18(28)15(7-24)35-23/h3-6,8,15,18-20,23-26,28-30H,7H2,1-2H3/t15-,18+,19-,20-,23+/m1/s1. The summed E-state index contributed by atoms with van der Waals surface area (Å²) in [7, 11) is 2.61. The molecule has 35 heavy (non-hydrogen) atoms. The third kappa shape index (κ3) is 4.22. The Labute approximate surface area is 197 Å². The number of phenols is 2. The quantitative estimate of drug-likeness (QED) is 0.272. The van der Waals surface area contributed by atoms with Crippen LogP contribution in [0.5, 0.6) is 28.7 Å². The molecule has 0 aliphatic carbocycles. The second-order valence-corrected chi connectivity index (χ2v) is 7.81. The molecule has 188 valence electrons. The zero-order valence-corrected chi connectivity index (χ0v) is 18.6. The fraction of sp³-hybridized carbons (Fsp3) is 0.348. The predicted molar refractivity (Wildman–Crippen MR) is 119 cm³/mol. The molecule has 12 nitrogen and oxygen atoms in total. The normalized spacial score (nSPS) is 24.3. The van der Waals surface area contributed by atoms with Crippen molar-refractivity contribution in [1.29, 1.82) is 0 Å². The number of rotatable bonds is 6. The first kappa shape index (κ1) is 24.6. The van der Waals surface area contributed by atoms with Gasteiger partial charge in [-0.25, -0.2) is 0 Å². The monoisotopic (exact) mass is 492 g/mol. The van der Waals surface area contributed by atoms with E-state index in [0.29, 0.717) is 5.56 Å². The molecule has 1 fully saturated rings. The molecule has 0 bridgehead atoms. The van der Waals surface area contributed by atoms with Crippen LogP contribution in [0.1, 0.15) is 0 Å². The van der Waals surface area contributed by atoms with E-state index in [2.05, 4.69) is 0 Å². The minimum Gasteiger partial charge on any atom is -0.507 e. The topological polar surface area (TPSA) is 189 Å². The summed E-state index contributed by atoms with van der Waals surface area (Å²) in [6, 6.07) is 5.29. The largest absolute Gasteiger partial charge is 0.507 e. The van der Waals surface area contributed by atoms with Crippen LogP contribution in [-0.4, -0.2) is 82.2 Å². The molecule has 2 aromatic carbocycles. The number of hydrogen-bond donors (Lipinski definition) is 6. The lowest BCUT2D eigenvalue weighted by Gasteiger charge is -2.39. The Morgan fingerprint density at radius 3 is 2.34 bits per heavy atom. The van der Waals surface area contributed by atoms with Gasteiger partial charge in [-0.15, -0.1) is 0 Å². The third-order valence-electron chi connectivity index (χ3n) is 5.73. The van der Waals surface area contributed by atoms with Gasteiger partial charge < -0.3 is 54.0 Å². The summed E-state index contributed by atoms with van der Waals surface area (Å²) in [6.07, 6.45) is -6.64. The second kappa shape index (κ2) is 9.60. The van der Waals surface area contributed by atoms with Crippen LogP contribution in [0.15, 0.2) is 39.7 Å². The highest BCUT2D eigenvalue weighted by atomic mass is 16.7. The Morgan fingerprint density at radius 1 is 0.943 bits per heavy atom. The maximum atomic E-state index is 13.2. The van der Waals surface area contributed by atoms with Gasteiger partial charge in [-0.3, -0.25) is 4.79 Å². The number of hydrogen-bond acceptors (Lipinski definition) is 12. The number of benzene rings is 2. The maximum Gasteiger partial charge on any atom is 0.229 e. The number of aliphatic hydroxyl groups excluding tert-OH is 4. The van der Waals surface area contributed by atoms with Crippen LogP contribution in [0.4, 0.5) is 0 Å². The van der Waals surface area contributed by atoms with Crippen LogP contribution in [0.3, 0.4) is 0 Å². The first-order valence-corrected chi connectivity index (χ1v) is 10.4. The Balaban J connectivity index is 1.78. The summed E-state index contributed by atoms with van der Waals surface area (Å²) in [4.78, 5) is 13.2. The first-order chi connectivity index (χ1) is 16.7. The molecule has 4 rings (SSSR count). The molecule has 0 unspecified atom stereocenters. The van der Waals surface area contributed by atoms with Gasteiger partial charge in [0.2, 0.25) is 17.5 Å². The molecule has 1 aliphatic heterocycles. The Morgan fingerprint density at radius 2 is 1.69 bits per heavy atom. The molecule has 0 radical (unpaired) electrons. The number of fused-ring (bicyclic) bond motifs is 1. The fourth-order valence-corrected chi connectivity index (χ4v) is 3.86. The molecule has 1 aliphatic rings. The summed E-state index contributed by atoms with van der Waals surface area (Å²) in [6.45, 7) is -0.662. The molecule has 2 heterocycles. The lowest BCUT2D eigenvalue weighted by Crippen LogP contribution is -2.60. The van der Waals surface area contributed by atoms with Crippen molar-refractivity contribution in [3.05, 3.63) is 40.8 Å². The average molecular weight is 492 g/mol. The molecule has 0 spiro atoms. The van der Waals surface area contributed by atoms with E-state index in [1.165, 1.54) is 32.4 Å². The number of methoxy groups -OCH3 is 2. The number of phenolic OH excluding ortho intramolecular Hbond substituents is 2. The number of ether oxygens (including phenoxy) is 4. The smallest absolute Gasteiger partial charge is 0.229 e. The molecule has 3 aromatic rings. The van der Waals surface area contributed by atoms with Gasteiger partial charge in [-0.2, -0.15) is 0 Å². The van der Waals surface area contributed by atoms with E-state index in [-0.39, 0.29) is 39.5 Å². The zero-order chi connectivity index (χ0) is 25.4. The van der Waals surface area contributed by atoms with E-state index in [1.807, 2.05) is 0 Å². The SMILES string of the molecule is COc1cc(-c2coc3c(OC)c(O[C@H]4O[C@H](CO)[C@H](O)[C@@H](O)[C@H]4O)cc(O)c3c2=O)ccc1O. The lowest BCUT2D eigenvalue weighted by atomic mass is 9.99. The molecule has 0 amide bonds. The van der Waals surface area contributed by atoms with E-state index in [4.69, 9.17) is 23.4 Å². The van der Waals surface area contributed by atoms with Crippen LogP contribution in [0, 0.1) is 0 Å². The zero-order valence-electron chi connectivity index (χ0n) is 18.6. The molecule has 1 saturated heterocycles. The van der Waals surface area contributed by atoms with Crippen molar-refractivity contribution in [2.75, 3.05) is 20.8 Å². The Hall–Kier alpha value is -3.55. The summed E-state index contributed by atoms with van der Waals surface area (Å²) < 4.78 is 26.9. The first-order valence-electron chi connectivity index (χ1n) is 10.4. The van der Waals surface area contributed by atoms with Crippen molar-refractivity contribution < 1.29 is 54.0 Å². The van der Waals surface area contributed by atoms with E-state index >= 15 is 0 Å². The molecule has 6 N–H and O–H groups in total. The minimum absolute atomic E-state index is 0.0655. The van der Waals surface area contributed by atoms with Crippen LogP contribution < -0.4 is 19.6 Å². The Bertz CT molecular complexity index is 1280. The third-order valence-corrected chi connectivity index (χ3v) is 5.73. The summed E-state index contributed by atoms with van der Waals surface area (Å²) in [5.41, 5.74) is -0.369. The van der Waals surface area contributed by atoms with Crippen LogP contribution in [-0.2, 0) is 4.74 Å². The van der Waals surface area contributed by atoms with Gasteiger partial charge in [0.05, 0.1) is 26.4 Å². The number of aliphatic hydroxyl groups is 4. The maximum absolute atomic E-state index is 13.2. The molecule has 0 saturated carbocycles. The van der Waals surface area contributed by atoms with Crippen LogP contribution >= 0.6 is 0 Å². The highest BCUT2D eigenvalue weighted by Gasteiger charge is 2.45. The lowest BCUT2D eigenvalue weighted by molar-refractivity contribution is -0.277. The van der Waals surface area contributed by atoms with Gasteiger partial charge in [-0.1, -0.05) is 6.07 Å². The summed E-state index contributed by atoms with van der Waals surface area (Å²) in [5.74, 6) is -0.861. The van der Waals surface area contributed by atoms with Gasteiger partial charge in [0.1, 0.15) is 41.8 Å². The number of aromatic hydroxyl groups is 2. The highest BCUT2D eigenvalue weighted by molar-refractivity contribution is 5.93. The second-order valence-electron chi connectivity index (χ2n) is 7.81. The van der Waals surface area contributed by atoms with Gasteiger partial charge in [0.25, 0.3) is 0 Å². The molecular weight excluding hydrogens is 468 g/mol. The minimum atomic E-state index is -1.71. The van der Waals surface area contributed by atoms with Gasteiger partial charge in [0, 0.05) is 6.07 Å². The van der Waals surface area contributed by atoms with Crippen molar-refractivity contribution in [2.24, 2.45) is 0 Å². The van der Waals surface area contributed by atoms with Crippen molar-refractivity contribution >= 4 is 11.0 Å². The van der Waals surface area contributed by atoms with Crippen molar-refractivity contribution in [3.8, 4) is 39.9 Å². The van der Waals surface area contributed by atoms with E-state index in [0.717, 1.165) is 12.3 Å². The Kier molecular flexibility index (Phi) is 6.74. The molecule has 1 aromatic heterocycles. The van der Waals surface area contributed by atoms with Gasteiger partial charge in [-0.05, 0) is 17.7 Å². The van der Waals surface area contributed by atoms with Crippen molar-refractivity contribution in [2.45, 2.75) is 30.7 Å². The van der Waals surface area contributed by atoms with Crippen molar-refractivity contribution in [1.82, 2.24) is 0 Å².